The van der Waals surface area contributed by atoms with E-state index in [0.717, 1.165) is 58.2 Å². The molecule has 18 heavy (non-hydrogen) atoms. The lowest BCUT2D eigenvalue weighted by Gasteiger charge is -2.38. The summed E-state index contributed by atoms with van der Waals surface area (Å²) in [6, 6.07) is 0. The van der Waals surface area contributed by atoms with E-state index in [1.807, 2.05) is 0 Å². The second-order valence-electron chi connectivity index (χ2n) is 5.71. The largest absolute Gasteiger partial charge is 0.396 e. The van der Waals surface area contributed by atoms with Gasteiger partial charge < -0.3 is 19.8 Å². The van der Waals surface area contributed by atoms with Gasteiger partial charge in [-0.05, 0) is 51.5 Å². The number of unbranched alkanes of at least 4 members (excludes halogenated alkanes) is 2. The summed E-state index contributed by atoms with van der Waals surface area (Å²) in [5.74, 6) is 0. The van der Waals surface area contributed by atoms with Gasteiger partial charge in [0.2, 0.25) is 0 Å². The number of nitrogens with zero attached hydrogens (tertiary/aromatic N) is 1. The molecule has 1 aliphatic heterocycles. The molecule has 4 heteroatoms. The van der Waals surface area contributed by atoms with Crippen molar-refractivity contribution >= 4 is 0 Å². The number of hydrogen-bond donors (Lipinski definition) is 2. The second-order valence-corrected chi connectivity index (χ2v) is 5.71. The predicted molar refractivity (Wildman–Crippen MR) is 70.5 cm³/mol. The van der Waals surface area contributed by atoms with E-state index >= 15 is 0 Å². The quantitative estimate of drug-likeness (QED) is 0.672. The number of hydrogen-bond acceptors (Lipinski definition) is 4. The summed E-state index contributed by atoms with van der Waals surface area (Å²) < 4.78 is 5.97. The molecule has 0 unspecified atom stereocenters. The van der Waals surface area contributed by atoms with Gasteiger partial charge in [-0.3, -0.25) is 0 Å². The maximum atomic E-state index is 9.22. The standard InChI is InChI=1S/C14H27NO3/c16-9-3-1-2-6-15-7-4-13(5-8-15)18-14-10-12(17)11-14/h12-14,16-17H,1-11H2/t12-,14-. The molecule has 2 aliphatic rings. The molecule has 2 fully saturated rings. The molecule has 1 saturated heterocycles. The van der Waals surface area contributed by atoms with E-state index in [-0.39, 0.29) is 6.10 Å². The fraction of sp³-hybridized carbons (Fsp3) is 1.00. The van der Waals surface area contributed by atoms with Crippen molar-refractivity contribution in [2.24, 2.45) is 0 Å². The summed E-state index contributed by atoms with van der Waals surface area (Å²) in [6.07, 6.45) is 7.82. The van der Waals surface area contributed by atoms with Crippen LogP contribution in [0.25, 0.3) is 0 Å². The van der Waals surface area contributed by atoms with Crippen molar-refractivity contribution in [3.05, 3.63) is 0 Å². The molecule has 0 amide bonds. The molecule has 106 valence electrons. The molecule has 1 aliphatic carbocycles. The highest BCUT2D eigenvalue weighted by Gasteiger charge is 2.31. The Bertz CT molecular complexity index is 223. The summed E-state index contributed by atoms with van der Waals surface area (Å²) in [6.45, 7) is 3.76. The van der Waals surface area contributed by atoms with Crippen molar-refractivity contribution in [2.75, 3.05) is 26.2 Å². The average Bonchev–Trinajstić information content (AvgIpc) is 2.35. The number of ether oxygens (including phenoxy) is 1. The van der Waals surface area contributed by atoms with Crippen LogP contribution in [0.3, 0.4) is 0 Å². The lowest BCUT2D eigenvalue weighted by atomic mass is 9.92. The van der Waals surface area contributed by atoms with Crippen LogP contribution in [-0.2, 0) is 4.74 Å². The Morgan fingerprint density at radius 2 is 1.72 bits per heavy atom. The molecule has 2 rings (SSSR count). The Balaban J connectivity index is 1.51. The maximum absolute atomic E-state index is 9.22. The van der Waals surface area contributed by atoms with Crippen LogP contribution >= 0.6 is 0 Å². The zero-order chi connectivity index (χ0) is 12.8. The van der Waals surface area contributed by atoms with E-state index in [9.17, 15) is 5.11 Å². The molecule has 0 aromatic carbocycles. The van der Waals surface area contributed by atoms with Crippen molar-refractivity contribution in [1.29, 1.82) is 0 Å². The van der Waals surface area contributed by atoms with E-state index in [4.69, 9.17) is 9.84 Å². The number of aliphatic hydroxyl groups excluding tert-OH is 2. The monoisotopic (exact) mass is 257 g/mol. The summed E-state index contributed by atoms with van der Waals surface area (Å²) >= 11 is 0. The SMILES string of the molecule is OCCCCCN1CCC(O[C@H]2C[C@H](O)C2)CC1. The van der Waals surface area contributed by atoms with E-state index in [1.54, 1.807) is 0 Å². The summed E-state index contributed by atoms with van der Waals surface area (Å²) in [5.41, 5.74) is 0. The number of aliphatic hydroxyl groups is 2. The normalized spacial score (nSPS) is 30.3. The first kappa shape index (κ1) is 14.3. The molecule has 0 aromatic heterocycles. The second kappa shape index (κ2) is 7.43. The van der Waals surface area contributed by atoms with Gasteiger partial charge in [0.05, 0.1) is 18.3 Å². The van der Waals surface area contributed by atoms with Gasteiger partial charge in [-0.2, -0.15) is 0 Å². The number of rotatable bonds is 7. The Labute approximate surface area is 110 Å². The molecule has 0 atom stereocenters. The highest BCUT2D eigenvalue weighted by molar-refractivity contribution is 4.82. The van der Waals surface area contributed by atoms with Gasteiger partial charge in [0.1, 0.15) is 0 Å². The minimum Gasteiger partial charge on any atom is -0.396 e. The highest BCUT2D eigenvalue weighted by Crippen LogP contribution is 2.27. The third kappa shape index (κ3) is 4.50. The lowest BCUT2D eigenvalue weighted by Crippen LogP contribution is -2.43. The van der Waals surface area contributed by atoms with Crippen LogP contribution in [0.1, 0.15) is 44.9 Å². The first-order valence-corrected chi connectivity index (χ1v) is 7.44. The van der Waals surface area contributed by atoms with Crippen LogP contribution in [0.5, 0.6) is 0 Å². The van der Waals surface area contributed by atoms with Gasteiger partial charge in [-0.25, -0.2) is 0 Å². The molecule has 1 saturated carbocycles. The van der Waals surface area contributed by atoms with Gasteiger partial charge in [0.25, 0.3) is 0 Å². The predicted octanol–water partition coefficient (Wildman–Crippen LogP) is 1.15. The third-order valence-electron chi connectivity index (χ3n) is 4.12. The summed E-state index contributed by atoms with van der Waals surface area (Å²) in [5, 5.41) is 17.9. The van der Waals surface area contributed by atoms with Gasteiger partial charge in [-0.15, -0.1) is 0 Å². The summed E-state index contributed by atoms with van der Waals surface area (Å²) in [4.78, 5) is 2.51. The van der Waals surface area contributed by atoms with Crippen LogP contribution < -0.4 is 0 Å². The molecule has 0 radical (unpaired) electrons. The van der Waals surface area contributed by atoms with E-state index in [0.29, 0.717) is 18.8 Å². The topological polar surface area (TPSA) is 52.9 Å². The zero-order valence-corrected chi connectivity index (χ0v) is 11.3. The average molecular weight is 257 g/mol. The van der Waals surface area contributed by atoms with Crippen molar-refractivity contribution in [1.82, 2.24) is 4.90 Å². The summed E-state index contributed by atoms with van der Waals surface area (Å²) in [7, 11) is 0. The molecule has 4 nitrogen and oxygen atoms in total. The molecular formula is C14H27NO3. The maximum Gasteiger partial charge on any atom is 0.0628 e. The molecular weight excluding hydrogens is 230 g/mol. The van der Waals surface area contributed by atoms with Crippen molar-refractivity contribution < 1.29 is 14.9 Å². The van der Waals surface area contributed by atoms with Crippen LogP contribution in [0.15, 0.2) is 0 Å². The van der Waals surface area contributed by atoms with Crippen molar-refractivity contribution in [3.8, 4) is 0 Å². The molecule has 2 N–H and O–H groups in total. The first-order chi connectivity index (χ1) is 8.78. The van der Waals surface area contributed by atoms with E-state index in [1.165, 1.54) is 6.42 Å². The minimum absolute atomic E-state index is 0.110. The van der Waals surface area contributed by atoms with Gasteiger partial charge >= 0.3 is 0 Å². The van der Waals surface area contributed by atoms with Crippen LogP contribution in [0, 0.1) is 0 Å². The Morgan fingerprint density at radius 1 is 1.00 bits per heavy atom. The molecule has 0 bridgehead atoms. The van der Waals surface area contributed by atoms with Gasteiger partial charge in [0, 0.05) is 19.7 Å². The Hall–Kier alpha value is -0.160. The zero-order valence-electron chi connectivity index (χ0n) is 11.3. The fourth-order valence-corrected chi connectivity index (χ4v) is 2.81. The fourth-order valence-electron chi connectivity index (χ4n) is 2.81. The van der Waals surface area contributed by atoms with Crippen LogP contribution in [0.4, 0.5) is 0 Å². The first-order valence-electron chi connectivity index (χ1n) is 7.44. The number of piperidine rings is 1. The molecule has 0 spiro atoms. The van der Waals surface area contributed by atoms with E-state index < -0.39 is 0 Å². The van der Waals surface area contributed by atoms with Crippen LogP contribution in [0.2, 0.25) is 0 Å². The number of likely N-dealkylation sites (tertiary alicyclic amines) is 1. The third-order valence-corrected chi connectivity index (χ3v) is 4.12. The Kier molecular flexibility index (Phi) is 5.89. The minimum atomic E-state index is -0.110. The smallest absolute Gasteiger partial charge is 0.0628 e. The van der Waals surface area contributed by atoms with E-state index in [2.05, 4.69) is 4.90 Å². The molecule has 1 heterocycles. The van der Waals surface area contributed by atoms with Crippen LogP contribution in [-0.4, -0.2) is 59.7 Å². The molecule has 0 aromatic rings. The van der Waals surface area contributed by atoms with Gasteiger partial charge in [-0.1, -0.05) is 0 Å². The van der Waals surface area contributed by atoms with Crippen molar-refractivity contribution in [2.45, 2.75) is 63.3 Å². The lowest BCUT2D eigenvalue weighted by molar-refractivity contribution is -0.116. The van der Waals surface area contributed by atoms with Crippen molar-refractivity contribution in [3.63, 3.8) is 0 Å². The Morgan fingerprint density at radius 3 is 2.33 bits per heavy atom. The van der Waals surface area contributed by atoms with Gasteiger partial charge in [0.15, 0.2) is 0 Å². The highest BCUT2D eigenvalue weighted by atomic mass is 16.5.